The molecule has 2 atom stereocenters. The van der Waals surface area contributed by atoms with Gasteiger partial charge in [-0.15, -0.1) is 0 Å². The Morgan fingerprint density at radius 3 is 2.39 bits per heavy atom. The van der Waals surface area contributed by atoms with Gasteiger partial charge in [-0.05, 0) is 26.0 Å². The molecular formula is C14H19NO3. The summed E-state index contributed by atoms with van der Waals surface area (Å²) in [6.07, 6.45) is 0. The number of carbonyl (C=O) groups is 2. The van der Waals surface area contributed by atoms with Crippen molar-refractivity contribution in [1.29, 1.82) is 0 Å². The van der Waals surface area contributed by atoms with Crippen molar-refractivity contribution < 1.29 is 14.3 Å². The van der Waals surface area contributed by atoms with Crippen LogP contribution in [-0.2, 0) is 14.3 Å². The number of ether oxygens (including phenoxy) is 1. The summed E-state index contributed by atoms with van der Waals surface area (Å²) in [5.74, 6) is -0.871. The smallest absolute Gasteiger partial charge is 0.329 e. The fourth-order valence-corrected chi connectivity index (χ4v) is 1.57. The molecule has 0 aliphatic carbocycles. The van der Waals surface area contributed by atoms with Gasteiger partial charge in [-0.2, -0.15) is 0 Å². The Morgan fingerprint density at radius 1 is 1.28 bits per heavy atom. The SMILES string of the molecule is CCOC(=O)C(Nc1ccccc1)C(C)C(C)=O. The quantitative estimate of drug-likeness (QED) is 0.786. The molecule has 0 bridgehead atoms. The minimum atomic E-state index is -0.648. The molecule has 4 heteroatoms. The maximum Gasteiger partial charge on any atom is 0.329 e. The molecule has 0 spiro atoms. The van der Waals surface area contributed by atoms with Gasteiger partial charge in [-0.3, -0.25) is 4.79 Å². The van der Waals surface area contributed by atoms with Crippen molar-refractivity contribution in [3.8, 4) is 0 Å². The second-order valence-electron chi connectivity index (χ2n) is 4.14. The number of benzene rings is 1. The van der Waals surface area contributed by atoms with E-state index in [0.717, 1.165) is 5.69 Å². The van der Waals surface area contributed by atoms with E-state index >= 15 is 0 Å². The van der Waals surface area contributed by atoms with E-state index in [-0.39, 0.29) is 5.78 Å². The van der Waals surface area contributed by atoms with E-state index in [9.17, 15) is 9.59 Å². The normalized spacial score (nSPS) is 13.5. The zero-order chi connectivity index (χ0) is 13.5. The van der Waals surface area contributed by atoms with Crippen LogP contribution in [0.2, 0.25) is 0 Å². The molecule has 0 aliphatic rings. The molecule has 0 aliphatic heterocycles. The van der Waals surface area contributed by atoms with Gasteiger partial charge in [0, 0.05) is 11.6 Å². The van der Waals surface area contributed by atoms with E-state index in [2.05, 4.69) is 5.32 Å². The second kappa shape index (κ2) is 6.79. The van der Waals surface area contributed by atoms with Gasteiger partial charge in [0.05, 0.1) is 6.61 Å². The van der Waals surface area contributed by atoms with Crippen LogP contribution in [0.3, 0.4) is 0 Å². The number of hydrogen-bond donors (Lipinski definition) is 1. The second-order valence-corrected chi connectivity index (χ2v) is 4.14. The zero-order valence-corrected chi connectivity index (χ0v) is 11.0. The van der Waals surface area contributed by atoms with Crippen molar-refractivity contribution in [2.24, 2.45) is 5.92 Å². The first kappa shape index (κ1) is 14.2. The summed E-state index contributed by atoms with van der Waals surface area (Å²) in [5, 5.41) is 3.05. The van der Waals surface area contributed by atoms with Crippen LogP contribution in [0, 0.1) is 5.92 Å². The van der Waals surface area contributed by atoms with Crippen LogP contribution in [0.1, 0.15) is 20.8 Å². The highest BCUT2D eigenvalue weighted by molar-refractivity contribution is 5.89. The van der Waals surface area contributed by atoms with Crippen molar-refractivity contribution in [3.05, 3.63) is 30.3 Å². The average molecular weight is 249 g/mol. The highest BCUT2D eigenvalue weighted by Crippen LogP contribution is 2.14. The summed E-state index contributed by atoms with van der Waals surface area (Å²) in [4.78, 5) is 23.3. The molecule has 1 aromatic rings. The standard InChI is InChI=1S/C14H19NO3/c1-4-18-14(17)13(10(2)11(3)16)15-12-8-6-5-7-9-12/h5-10,13,15H,4H2,1-3H3. The first-order chi connectivity index (χ1) is 8.56. The Labute approximate surface area is 107 Å². The van der Waals surface area contributed by atoms with Crippen molar-refractivity contribution >= 4 is 17.4 Å². The molecule has 0 aromatic heterocycles. The highest BCUT2D eigenvalue weighted by atomic mass is 16.5. The predicted molar refractivity (Wildman–Crippen MR) is 70.3 cm³/mol. The number of carbonyl (C=O) groups excluding carboxylic acids is 2. The Morgan fingerprint density at radius 2 is 1.89 bits per heavy atom. The van der Waals surface area contributed by atoms with Crippen LogP contribution in [-0.4, -0.2) is 24.4 Å². The van der Waals surface area contributed by atoms with Gasteiger partial charge >= 0.3 is 5.97 Å². The first-order valence-corrected chi connectivity index (χ1v) is 6.05. The fourth-order valence-electron chi connectivity index (χ4n) is 1.57. The van der Waals surface area contributed by atoms with Gasteiger partial charge in [0.15, 0.2) is 0 Å². The van der Waals surface area contributed by atoms with Gasteiger partial charge in [0.25, 0.3) is 0 Å². The molecule has 1 rings (SSSR count). The van der Waals surface area contributed by atoms with Crippen LogP contribution in [0.5, 0.6) is 0 Å². The molecule has 0 fully saturated rings. The molecule has 0 heterocycles. The summed E-state index contributed by atoms with van der Waals surface area (Å²) in [5.41, 5.74) is 0.795. The highest BCUT2D eigenvalue weighted by Gasteiger charge is 2.29. The van der Waals surface area contributed by atoms with Crippen LogP contribution in [0.25, 0.3) is 0 Å². The summed E-state index contributed by atoms with van der Waals surface area (Å²) < 4.78 is 4.99. The van der Waals surface area contributed by atoms with Crippen LogP contribution < -0.4 is 5.32 Å². The largest absolute Gasteiger partial charge is 0.464 e. The third kappa shape index (κ3) is 3.87. The zero-order valence-electron chi connectivity index (χ0n) is 11.0. The predicted octanol–water partition coefficient (Wildman–Crippen LogP) is 2.26. The molecule has 2 unspecified atom stereocenters. The van der Waals surface area contributed by atoms with Gasteiger partial charge in [0.1, 0.15) is 11.8 Å². The van der Waals surface area contributed by atoms with Gasteiger partial charge in [-0.25, -0.2) is 4.79 Å². The van der Waals surface area contributed by atoms with E-state index in [1.807, 2.05) is 30.3 Å². The summed E-state index contributed by atoms with van der Waals surface area (Å²) >= 11 is 0. The maximum absolute atomic E-state index is 11.9. The molecule has 1 aromatic carbocycles. The summed E-state index contributed by atoms with van der Waals surface area (Å²) in [6, 6.07) is 8.66. The van der Waals surface area contributed by atoms with Crippen molar-refractivity contribution in [3.63, 3.8) is 0 Å². The Bertz CT molecular complexity index is 403. The Kier molecular flexibility index (Phi) is 5.36. The lowest BCUT2D eigenvalue weighted by atomic mass is 9.97. The minimum absolute atomic E-state index is 0.0449. The number of anilines is 1. The van der Waals surface area contributed by atoms with Crippen LogP contribution in [0.15, 0.2) is 30.3 Å². The molecule has 98 valence electrons. The maximum atomic E-state index is 11.9. The van der Waals surface area contributed by atoms with Crippen molar-refractivity contribution in [2.45, 2.75) is 26.8 Å². The molecule has 0 radical (unpaired) electrons. The van der Waals surface area contributed by atoms with E-state index in [4.69, 9.17) is 4.74 Å². The van der Waals surface area contributed by atoms with Gasteiger partial charge < -0.3 is 10.1 Å². The lowest BCUT2D eigenvalue weighted by Crippen LogP contribution is -2.40. The molecule has 0 amide bonds. The Balaban J connectivity index is 2.84. The van der Waals surface area contributed by atoms with Crippen molar-refractivity contribution in [1.82, 2.24) is 0 Å². The number of esters is 1. The van der Waals surface area contributed by atoms with Gasteiger partial charge in [0.2, 0.25) is 0 Å². The number of nitrogens with one attached hydrogen (secondary N) is 1. The third-order valence-corrected chi connectivity index (χ3v) is 2.78. The Hall–Kier alpha value is -1.84. The van der Waals surface area contributed by atoms with Crippen LogP contribution >= 0.6 is 0 Å². The minimum Gasteiger partial charge on any atom is -0.464 e. The summed E-state index contributed by atoms with van der Waals surface area (Å²) in [6.45, 7) is 5.25. The van der Waals surface area contributed by atoms with E-state index in [1.54, 1.807) is 13.8 Å². The number of hydrogen-bond acceptors (Lipinski definition) is 4. The lowest BCUT2D eigenvalue weighted by molar-refractivity contribution is -0.146. The first-order valence-electron chi connectivity index (χ1n) is 6.05. The molecule has 0 saturated carbocycles. The van der Waals surface area contributed by atoms with Gasteiger partial charge in [-0.1, -0.05) is 25.1 Å². The van der Waals surface area contributed by atoms with E-state index in [1.165, 1.54) is 6.92 Å². The molecule has 4 nitrogen and oxygen atoms in total. The van der Waals surface area contributed by atoms with Crippen LogP contribution in [0.4, 0.5) is 5.69 Å². The number of ketones is 1. The van der Waals surface area contributed by atoms with E-state index in [0.29, 0.717) is 6.61 Å². The lowest BCUT2D eigenvalue weighted by Gasteiger charge is -2.22. The molecule has 0 saturated heterocycles. The summed E-state index contributed by atoms with van der Waals surface area (Å²) in [7, 11) is 0. The molecular weight excluding hydrogens is 230 g/mol. The average Bonchev–Trinajstić information content (AvgIpc) is 2.36. The van der Waals surface area contributed by atoms with E-state index < -0.39 is 17.9 Å². The molecule has 1 N–H and O–H groups in total. The molecule has 18 heavy (non-hydrogen) atoms. The number of para-hydroxylation sites is 1. The monoisotopic (exact) mass is 249 g/mol. The van der Waals surface area contributed by atoms with Crippen molar-refractivity contribution in [2.75, 3.05) is 11.9 Å². The third-order valence-electron chi connectivity index (χ3n) is 2.78. The fraction of sp³-hybridized carbons (Fsp3) is 0.429. The number of rotatable bonds is 6. The topological polar surface area (TPSA) is 55.4 Å². The number of Topliss-reactive ketones (excluding diaryl/α,β-unsaturated/α-hetero) is 1.